The van der Waals surface area contributed by atoms with Crippen molar-refractivity contribution in [3.8, 4) is 28.3 Å². The third-order valence-electron chi connectivity index (χ3n) is 6.61. The van der Waals surface area contributed by atoms with Gasteiger partial charge < -0.3 is 15.6 Å². The first-order valence-corrected chi connectivity index (χ1v) is 12.6. The Bertz CT molecular complexity index is 1860. The third kappa shape index (κ3) is 4.55. The number of nitrogens with two attached hydrogens (primary N) is 1. The number of nitrogens with one attached hydrogen (secondary N) is 1. The summed E-state index contributed by atoms with van der Waals surface area (Å²) in [7, 11) is 0. The number of anilines is 1. The number of aromatic nitrogens is 5. The molecule has 0 atom stereocenters. The second-order valence-electron chi connectivity index (χ2n) is 9.30. The van der Waals surface area contributed by atoms with Gasteiger partial charge in [-0.3, -0.25) is 9.36 Å². The molecule has 2 aromatic carbocycles. The van der Waals surface area contributed by atoms with Gasteiger partial charge in [0.05, 0.1) is 22.5 Å². The van der Waals surface area contributed by atoms with Gasteiger partial charge in [-0.1, -0.05) is 23.4 Å². The Morgan fingerprint density at radius 3 is 2.58 bits per heavy atom. The molecule has 10 heteroatoms. The number of pyridine rings is 2. The van der Waals surface area contributed by atoms with Gasteiger partial charge in [-0.2, -0.15) is 0 Å². The lowest BCUT2D eigenvalue weighted by molar-refractivity contribution is 0.0950. The molecule has 0 radical (unpaired) electrons. The van der Waals surface area contributed by atoms with Crippen LogP contribution in [0, 0.1) is 19.7 Å². The van der Waals surface area contributed by atoms with Crippen LogP contribution in [0.2, 0.25) is 0 Å². The first-order chi connectivity index (χ1) is 19.4. The highest BCUT2D eigenvalue weighted by Crippen LogP contribution is 2.33. The fraction of sp³-hybridized carbons (Fsp3) is 0.100. The summed E-state index contributed by atoms with van der Waals surface area (Å²) in [6.45, 7) is 4.01. The number of nitrogen functional groups attached to an aromatic ring is 1. The highest BCUT2D eigenvalue weighted by Gasteiger charge is 2.20. The van der Waals surface area contributed by atoms with Crippen LogP contribution in [0.1, 0.15) is 27.4 Å². The van der Waals surface area contributed by atoms with Crippen LogP contribution in [0.3, 0.4) is 0 Å². The van der Waals surface area contributed by atoms with Gasteiger partial charge in [0, 0.05) is 24.0 Å². The summed E-state index contributed by atoms with van der Waals surface area (Å²) in [5.41, 5.74) is 12.5. The molecule has 6 rings (SSSR count). The third-order valence-corrected chi connectivity index (χ3v) is 6.61. The van der Waals surface area contributed by atoms with Crippen molar-refractivity contribution in [2.45, 2.75) is 20.4 Å². The molecule has 6 aromatic rings. The maximum Gasteiger partial charge on any atom is 0.251 e. The van der Waals surface area contributed by atoms with Crippen molar-refractivity contribution in [1.82, 2.24) is 30.0 Å². The Labute approximate surface area is 228 Å². The lowest BCUT2D eigenvalue weighted by atomic mass is 10.1. The van der Waals surface area contributed by atoms with E-state index in [-0.39, 0.29) is 18.0 Å². The van der Waals surface area contributed by atoms with Crippen LogP contribution in [0.25, 0.3) is 39.5 Å². The van der Waals surface area contributed by atoms with Crippen LogP contribution >= 0.6 is 0 Å². The maximum absolute atomic E-state index is 13.5. The smallest absolute Gasteiger partial charge is 0.251 e. The average molecular weight is 534 g/mol. The lowest BCUT2D eigenvalue weighted by Gasteiger charge is -2.12. The Balaban J connectivity index is 1.39. The van der Waals surface area contributed by atoms with Crippen LogP contribution in [-0.4, -0.2) is 30.6 Å². The summed E-state index contributed by atoms with van der Waals surface area (Å²) >= 11 is 0. The minimum atomic E-state index is -0.458. The Morgan fingerprint density at radius 1 is 1.02 bits per heavy atom. The van der Waals surface area contributed by atoms with E-state index in [1.54, 1.807) is 12.3 Å². The molecule has 40 heavy (non-hydrogen) atoms. The normalized spacial score (nSPS) is 11.2. The predicted molar refractivity (Wildman–Crippen MR) is 149 cm³/mol. The number of benzene rings is 2. The second kappa shape index (κ2) is 10.1. The minimum Gasteiger partial charge on any atom is -0.383 e. The Hall–Kier alpha value is -5.38. The molecule has 0 aliphatic heterocycles. The van der Waals surface area contributed by atoms with Gasteiger partial charge in [0.1, 0.15) is 22.9 Å². The molecule has 0 aliphatic carbocycles. The molecule has 0 bridgehead atoms. The van der Waals surface area contributed by atoms with Crippen molar-refractivity contribution in [3.63, 3.8) is 0 Å². The minimum absolute atomic E-state index is 0.264. The van der Waals surface area contributed by atoms with Crippen LogP contribution in [0.4, 0.5) is 10.2 Å². The van der Waals surface area contributed by atoms with Gasteiger partial charge in [-0.25, -0.2) is 19.3 Å². The number of amides is 1. The van der Waals surface area contributed by atoms with E-state index in [4.69, 9.17) is 20.2 Å². The molecule has 0 unspecified atom stereocenters. The SMILES string of the molecule is Cc1noc(C)c1-c1ccc2nc(-c3cccnc3N)n(-c3ccc(CNC(=O)c4cccc(F)c4)cc3)c2n1. The zero-order valence-electron chi connectivity index (χ0n) is 21.7. The topological polar surface area (TPSA) is 125 Å². The monoisotopic (exact) mass is 533 g/mol. The van der Waals surface area contributed by atoms with Gasteiger partial charge in [0.15, 0.2) is 11.5 Å². The quantitative estimate of drug-likeness (QED) is 0.293. The van der Waals surface area contributed by atoms with E-state index >= 15 is 0 Å². The molecule has 0 fully saturated rings. The highest BCUT2D eigenvalue weighted by molar-refractivity contribution is 5.94. The van der Waals surface area contributed by atoms with Crippen LogP contribution in [0.15, 0.2) is 83.5 Å². The van der Waals surface area contributed by atoms with E-state index in [0.29, 0.717) is 39.8 Å². The molecule has 4 aromatic heterocycles. The van der Waals surface area contributed by atoms with E-state index in [0.717, 1.165) is 22.5 Å². The average Bonchev–Trinajstić information content (AvgIpc) is 3.50. The number of imidazole rings is 1. The number of fused-ring (bicyclic) bond motifs is 1. The van der Waals surface area contributed by atoms with Gasteiger partial charge >= 0.3 is 0 Å². The molecular formula is C30H24FN7O2. The van der Waals surface area contributed by atoms with Crippen LogP contribution in [-0.2, 0) is 6.54 Å². The van der Waals surface area contributed by atoms with Crippen LogP contribution in [0.5, 0.6) is 0 Å². The molecule has 0 saturated heterocycles. The summed E-state index contributed by atoms with van der Waals surface area (Å²) in [6.07, 6.45) is 1.63. The van der Waals surface area contributed by atoms with Gasteiger partial charge in [-0.15, -0.1) is 0 Å². The second-order valence-corrected chi connectivity index (χ2v) is 9.30. The molecule has 4 heterocycles. The van der Waals surface area contributed by atoms with Crippen molar-refractivity contribution in [1.29, 1.82) is 0 Å². The molecule has 0 saturated carbocycles. The van der Waals surface area contributed by atoms with Crippen molar-refractivity contribution in [2.75, 3.05) is 5.73 Å². The maximum atomic E-state index is 13.5. The number of aryl methyl sites for hydroxylation is 2. The number of halogens is 1. The molecule has 0 spiro atoms. The van der Waals surface area contributed by atoms with Crippen molar-refractivity contribution in [2.24, 2.45) is 0 Å². The van der Waals surface area contributed by atoms with Crippen LogP contribution < -0.4 is 11.1 Å². The summed E-state index contributed by atoms with van der Waals surface area (Å²) in [5, 5.41) is 6.90. The number of hydrogen-bond donors (Lipinski definition) is 2. The van der Waals surface area contributed by atoms with Crippen molar-refractivity contribution >= 4 is 22.9 Å². The predicted octanol–water partition coefficient (Wildman–Crippen LogP) is 5.41. The van der Waals surface area contributed by atoms with Crippen molar-refractivity contribution < 1.29 is 13.7 Å². The van der Waals surface area contributed by atoms with Gasteiger partial charge in [-0.05, 0) is 74.0 Å². The fourth-order valence-corrected chi connectivity index (χ4v) is 4.65. The summed E-state index contributed by atoms with van der Waals surface area (Å²) in [4.78, 5) is 26.5. The summed E-state index contributed by atoms with van der Waals surface area (Å²) in [5.74, 6) is 0.810. The number of carbonyl (C=O) groups excluding carboxylic acids is 1. The largest absolute Gasteiger partial charge is 0.383 e. The molecule has 3 N–H and O–H groups in total. The Kier molecular flexibility index (Phi) is 6.27. The number of carbonyl (C=O) groups is 1. The standard InChI is InChI=1S/C30H24FN7O2/c1-17-26(18(2)40-37-17)24-12-13-25-29(35-24)38(28(36-25)23-7-4-14-33-27(23)32)22-10-8-19(9-11-22)16-34-30(39)20-5-3-6-21(31)15-20/h3-15H,16H2,1-2H3,(H2,32,33)(H,34,39). The molecule has 198 valence electrons. The first kappa shape index (κ1) is 24.9. The van der Waals surface area contributed by atoms with E-state index in [2.05, 4.69) is 15.5 Å². The zero-order chi connectivity index (χ0) is 27.8. The molecule has 0 aliphatic rings. The summed E-state index contributed by atoms with van der Waals surface area (Å²) in [6, 6.07) is 20.7. The zero-order valence-corrected chi connectivity index (χ0v) is 21.7. The molecule has 1 amide bonds. The first-order valence-electron chi connectivity index (χ1n) is 12.6. The number of hydrogen-bond acceptors (Lipinski definition) is 7. The van der Waals surface area contributed by atoms with Gasteiger partial charge in [0.2, 0.25) is 0 Å². The van der Waals surface area contributed by atoms with Crippen molar-refractivity contribution in [3.05, 3.63) is 107 Å². The van der Waals surface area contributed by atoms with Gasteiger partial charge in [0.25, 0.3) is 5.91 Å². The molecular weight excluding hydrogens is 509 g/mol. The lowest BCUT2D eigenvalue weighted by Crippen LogP contribution is -2.22. The van der Waals surface area contributed by atoms with E-state index < -0.39 is 5.82 Å². The number of nitrogens with zero attached hydrogens (tertiary/aromatic N) is 5. The van der Waals surface area contributed by atoms with E-state index in [1.165, 1.54) is 18.2 Å². The fourth-order valence-electron chi connectivity index (χ4n) is 4.65. The number of rotatable bonds is 6. The summed E-state index contributed by atoms with van der Waals surface area (Å²) < 4.78 is 20.8. The van der Waals surface area contributed by atoms with E-state index in [1.807, 2.05) is 66.9 Å². The molecule has 9 nitrogen and oxygen atoms in total. The van der Waals surface area contributed by atoms with E-state index in [9.17, 15) is 9.18 Å². The Morgan fingerprint density at radius 2 is 1.85 bits per heavy atom. The highest BCUT2D eigenvalue weighted by atomic mass is 19.1.